The first-order valence-corrected chi connectivity index (χ1v) is 17.4. The topological polar surface area (TPSA) is 149 Å². The van der Waals surface area contributed by atoms with Gasteiger partial charge in [-0.15, -0.1) is 0 Å². The molecule has 9 nitrogen and oxygen atoms in total. The van der Waals surface area contributed by atoms with Crippen molar-refractivity contribution < 1.29 is 44.8 Å². The monoisotopic (exact) mass is 622 g/mol. The largest absolute Gasteiger partial charge is 0.390 e. The predicted octanol–water partition coefficient (Wildman–Crippen LogP) is 2.76. The molecule has 0 unspecified atom stereocenters. The first kappa shape index (κ1) is 32.2. The number of hydrogen-bond acceptors (Lipinski definition) is 9. The van der Waals surface area contributed by atoms with Crippen molar-refractivity contribution in [3.05, 3.63) is 0 Å². The number of rotatable bonds is 4. The normalized spacial score (nSPS) is 58.6. The molecule has 2 saturated heterocycles. The summed E-state index contributed by atoms with van der Waals surface area (Å²) in [5.74, 6) is 1.29. The van der Waals surface area contributed by atoms with Crippen LogP contribution in [0.4, 0.5) is 0 Å². The highest BCUT2D eigenvalue weighted by atomic mass is 16.7. The molecule has 0 aromatic rings. The second kappa shape index (κ2) is 9.85. The van der Waals surface area contributed by atoms with Gasteiger partial charge in [-0.05, 0) is 111 Å². The van der Waals surface area contributed by atoms with Crippen LogP contribution in [0, 0.1) is 50.7 Å². The SMILES string of the molecule is C[C@@H]1C[C@H]([C@H](O)C(C)(C)O)O[C@H]2[C@H]1[C@@]1(C)CC[C@@]34C[C@@]35CC[C@H](O[C@@H]3OC[C@@H](O)[C@H](O)[C@H]3O)C(C)(C)[C@@H]5CC[C@H]4[C@]1(C)[C@H]2O. The molecule has 7 aliphatic rings. The van der Waals surface area contributed by atoms with Crippen LogP contribution in [0.1, 0.15) is 99.8 Å². The molecule has 0 bridgehead atoms. The first-order chi connectivity index (χ1) is 20.4. The minimum absolute atomic E-state index is 0.0599. The zero-order chi connectivity index (χ0) is 32.0. The molecule has 6 N–H and O–H groups in total. The lowest BCUT2D eigenvalue weighted by molar-refractivity contribution is -0.303. The van der Waals surface area contributed by atoms with Crippen LogP contribution in [0.25, 0.3) is 0 Å². The molecule has 2 spiro atoms. The number of aliphatic hydroxyl groups is 6. The van der Waals surface area contributed by atoms with E-state index in [4.69, 9.17) is 14.2 Å². The van der Waals surface area contributed by atoms with E-state index in [-0.39, 0.29) is 57.7 Å². The Labute approximate surface area is 262 Å². The summed E-state index contributed by atoms with van der Waals surface area (Å²) >= 11 is 0. The summed E-state index contributed by atoms with van der Waals surface area (Å²) in [5.41, 5.74) is -1.46. The van der Waals surface area contributed by atoms with E-state index >= 15 is 0 Å². The third kappa shape index (κ3) is 3.91. The van der Waals surface area contributed by atoms with Gasteiger partial charge in [0.15, 0.2) is 6.29 Å². The highest BCUT2D eigenvalue weighted by Gasteiger charge is 2.84. The van der Waals surface area contributed by atoms with Crippen molar-refractivity contribution in [2.45, 2.75) is 161 Å². The van der Waals surface area contributed by atoms with Gasteiger partial charge in [0.25, 0.3) is 0 Å². The van der Waals surface area contributed by atoms with Crippen LogP contribution in [-0.4, -0.2) is 98.0 Å². The molecule has 0 aromatic heterocycles. The quantitative estimate of drug-likeness (QED) is 0.260. The Kier molecular flexibility index (Phi) is 7.21. The fraction of sp³-hybridized carbons (Fsp3) is 1.00. The molecule has 7 rings (SSSR count). The lowest BCUT2D eigenvalue weighted by atomic mass is 9.41. The van der Waals surface area contributed by atoms with Gasteiger partial charge in [-0.3, -0.25) is 0 Å². The average Bonchev–Trinajstić information content (AvgIpc) is 3.58. The van der Waals surface area contributed by atoms with Crippen LogP contribution in [0.2, 0.25) is 0 Å². The van der Waals surface area contributed by atoms with Gasteiger partial charge in [-0.2, -0.15) is 0 Å². The van der Waals surface area contributed by atoms with Crippen LogP contribution in [0.3, 0.4) is 0 Å². The number of ether oxygens (including phenoxy) is 3. The summed E-state index contributed by atoms with van der Waals surface area (Å²) in [4.78, 5) is 0. The van der Waals surface area contributed by atoms with Crippen molar-refractivity contribution in [2.24, 2.45) is 50.7 Å². The van der Waals surface area contributed by atoms with Gasteiger partial charge in [0.2, 0.25) is 0 Å². The maximum atomic E-state index is 12.4. The maximum absolute atomic E-state index is 12.4. The van der Waals surface area contributed by atoms with E-state index in [0.717, 1.165) is 38.5 Å². The molecule has 0 amide bonds. The molecule has 2 heterocycles. The number of hydrogen-bond donors (Lipinski definition) is 6. The van der Waals surface area contributed by atoms with Gasteiger partial charge in [-0.25, -0.2) is 0 Å². The van der Waals surface area contributed by atoms with E-state index in [1.807, 2.05) is 0 Å². The van der Waals surface area contributed by atoms with Gasteiger partial charge < -0.3 is 44.8 Å². The van der Waals surface area contributed by atoms with E-state index in [9.17, 15) is 30.6 Å². The minimum Gasteiger partial charge on any atom is -0.390 e. The third-order valence-corrected chi connectivity index (χ3v) is 15.6. The average molecular weight is 623 g/mol. The smallest absolute Gasteiger partial charge is 0.186 e. The standard InChI is InChI=1S/C35H58O9/c1-17-14-19(27(39)31(4,5)41)43-26-23(17)32(6)12-13-35-16-34(35)11-10-22(44-29-25(38)24(37)18(36)15-42-29)30(2,3)20(34)8-9-21(35)33(32,7)28(26)40/h17-29,36-41H,8-16H2,1-7H3/t17-,18-,19-,20+,21+,22+,23+,24+,25-,26+,27+,28+,29+,32-,33-,34-,35+/m1/s1. The molecule has 44 heavy (non-hydrogen) atoms. The van der Waals surface area contributed by atoms with Crippen LogP contribution in [-0.2, 0) is 14.2 Å². The van der Waals surface area contributed by atoms with Gasteiger partial charge in [0.1, 0.15) is 24.4 Å². The van der Waals surface area contributed by atoms with Crippen molar-refractivity contribution in [3.8, 4) is 0 Å². The van der Waals surface area contributed by atoms with Crippen molar-refractivity contribution in [2.75, 3.05) is 6.61 Å². The minimum atomic E-state index is -1.29. The Balaban J connectivity index is 1.14. The van der Waals surface area contributed by atoms with Crippen LogP contribution in [0.15, 0.2) is 0 Å². The fourth-order valence-corrected chi connectivity index (χ4v) is 13.3. The highest BCUT2D eigenvalue weighted by Crippen LogP contribution is 2.89. The molecular formula is C35H58O9. The lowest BCUT2D eigenvalue weighted by Crippen LogP contribution is -2.61. The molecule has 9 heteroatoms. The zero-order valence-electron chi connectivity index (χ0n) is 27.8. The summed E-state index contributed by atoms with van der Waals surface area (Å²) in [7, 11) is 0. The van der Waals surface area contributed by atoms with Crippen molar-refractivity contribution in [3.63, 3.8) is 0 Å². The van der Waals surface area contributed by atoms with Crippen LogP contribution < -0.4 is 0 Å². The van der Waals surface area contributed by atoms with E-state index in [0.29, 0.717) is 18.3 Å². The Bertz CT molecular complexity index is 1140. The maximum Gasteiger partial charge on any atom is 0.186 e. The van der Waals surface area contributed by atoms with Crippen molar-refractivity contribution >= 4 is 0 Å². The predicted molar refractivity (Wildman–Crippen MR) is 161 cm³/mol. The molecular weight excluding hydrogens is 564 g/mol. The molecule has 5 saturated carbocycles. The van der Waals surface area contributed by atoms with Gasteiger partial charge in [0.05, 0.1) is 36.6 Å². The second-order valence-corrected chi connectivity index (χ2v) is 18.0. The van der Waals surface area contributed by atoms with Crippen LogP contribution in [0.5, 0.6) is 0 Å². The molecule has 17 atom stereocenters. The molecule has 5 aliphatic carbocycles. The summed E-state index contributed by atoms with van der Waals surface area (Å²) in [6, 6.07) is 0. The molecule has 0 radical (unpaired) electrons. The zero-order valence-corrected chi connectivity index (χ0v) is 27.8. The van der Waals surface area contributed by atoms with Crippen molar-refractivity contribution in [1.82, 2.24) is 0 Å². The highest BCUT2D eigenvalue weighted by molar-refractivity contribution is 5.33. The van der Waals surface area contributed by atoms with Gasteiger partial charge in [0, 0.05) is 5.41 Å². The molecule has 7 fully saturated rings. The molecule has 2 aliphatic heterocycles. The Morgan fingerprint density at radius 2 is 1.55 bits per heavy atom. The summed E-state index contributed by atoms with van der Waals surface area (Å²) in [6.45, 7) is 14.8. The molecule has 252 valence electrons. The van der Waals surface area contributed by atoms with E-state index in [2.05, 4.69) is 34.6 Å². The van der Waals surface area contributed by atoms with Crippen molar-refractivity contribution in [1.29, 1.82) is 0 Å². The Morgan fingerprint density at radius 1 is 0.886 bits per heavy atom. The number of aliphatic hydroxyl groups excluding tert-OH is 5. The summed E-state index contributed by atoms with van der Waals surface area (Å²) in [6.07, 6.45) is 0.795. The second-order valence-electron chi connectivity index (χ2n) is 18.0. The Hall–Kier alpha value is -0.360. The number of fused-ring (bicyclic) bond motifs is 4. The Morgan fingerprint density at radius 3 is 2.23 bits per heavy atom. The van der Waals surface area contributed by atoms with Gasteiger partial charge in [-0.1, -0.05) is 34.6 Å². The van der Waals surface area contributed by atoms with E-state index in [1.165, 1.54) is 6.42 Å². The van der Waals surface area contributed by atoms with E-state index in [1.54, 1.807) is 13.8 Å². The van der Waals surface area contributed by atoms with Gasteiger partial charge >= 0.3 is 0 Å². The lowest BCUT2D eigenvalue weighted by Gasteiger charge is -2.64. The van der Waals surface area contributed by atoms with E-state index < -0.39 is 48.5 Å². The fourth-order valence-electron chi connectivity index (χ4n) is 13.3. The first-order valence-electron chi connectivity index (χ1n) is 17.4. The summed E-state index contributed by atoms with van der Waals surface area (Å²) < 4.78 is 18.7. The molecule has 0 aromatic carbocycles. The summed E-state index contributed by atoms with van der Waals surface area (Å²) in [5, 5.41) is 64.7. The third-order valence-electron chi connectivity index (χ3n) is 15.6. The van der Waals surface area contributed by atoms with Crippen LogP contribution >= 0.6 is 0 Å².